The van der Waals surface area contributed by atoms with Gasteiger partial charge in [-0.2, -0.15) is 0 Å². The van der Waals surface area contributed by atoms with Gasteiger partial charge in [-0.05, 0) is 18.2 Å². The number of aromatic amines is 1. The zero-order valence-electron chi connectivity index (χ0n) is 16.0. The van der Waals surface area contributed by atoms with E-state index in [0.29, 0.717) is 26.4 Å². The van der Waals surface area contributed by atoms with Crippen LogP contribution in [-0.2, 0) is 4.74 Å². The van der Waals surface area contributed by atoms with Gasteiger partial charge in [-0.15, -0.1) is 0 Å². The number of nitrogens with zero attached hydrogens (tertiary/aromatic N) is 2. The topological polar surface area (TPSA) is 68.5 Å². The first kappa shape index (κ1) is 19.0. The van der Waals surface area contributed by atoms with Crippen LogP contribution < -0.4 is 19.4 Å². The van der Waals surface area contributed by atoms with Gasteiger partial charge < -0.3 is 19.3 Å². The standard InChI is InChI=1S/C21H27N3O4/c25-17(13-23-9-11-24(12-10-23)21-7-3-4-8-22-21)14-26-15-18-16-27-19-5-1-2-6-20(19)28-18/h1-8,17-18,25H,9-16H2/p+1/t17-,18-/m1/s1. The molecule has 3 heterocycles. The first-order valence-corrected chi connectivity index (χ1v) is 9.86. The van der Waals surface area contributed by atoms with E-state index in [9.17, 15) is 5.11 Å². The number of anilines is 1. The number of pyridine rings is 1. The van der Waals surface area contributed by atoms with Gasteiger partial charge in [0.2, 0.25) is 0 Å². The summed E-state index contributed by atoms with van der Waals surface area (Å²) in [7, 11) is 0. The second-order valence-electron chi connectivity index (χ2n) is 7.22. The minimum Gasteiger partial charge on any atom is -0.486 e. The van der Waals surface area contributed by atoms with Crippen LogP contribution in [0.5, 0.6) is 11.5 Å². The number of nitrogens with one attached hydrogen (secondary N) is 1. The monoisotopic (exact) mass is 386 g/mol. The van der Waals surface area contributed by atoms with Gasteiger partial charge in [0.05, 0.1) is 38.6 Å². The molecule has 0 amide bonds. The molecule has 0 aliphatic carbocycles. The maximum Gasteiger partial charge on any atom is 0.274 e. The van der Waals surface area contributed by atoms with E-state index in [2.05, 4.69) is 20.9 Å². The third-order valence-corrected chi connectivity index (χ3v) is 5.06. The molecule has 0 radical (unpaired) electrons. The Morgan fingerprint density at radius 1 is 1.07 bits per heavy atom. The molecule has 1 saturated heterocycles. The van der Waals surface area contributed by atoms with Crippen LogP contribution in [0.15, 0.2) is 48.7 Å². The number of rotatable bonds is 7. The van der Waals surface area contributed by atoms with E-state index in [1.807, 2.05) is 42.6 Å². The van der Waals surface area contributed by atoms with Crippen molar-refractivity contribution in [1.29, 1.82) is 0 Å². The fraction of sp³-hybridized carbons (Fsp3) is 0.476. The number of β-amino-alcohol motifs (C(OH)–C–C–N with tert-alkyl or cyclic N) is 1. The Kier molecular flexibility index (Phi) is 6.26. The van der Waals surface area contributed by atoms with Crippen LogP contribution >= 0.6 is 0 Å². The van der Waals surface area contributed by atoms with Gasteiger partial charge in [0, 0.05) is 25.7 Å². The number of H-pyrrole nitrogens is 1. The molecule has 0 unspecified atom stereocenters. The molecular formula is C21H28N3O4+. The van der Waals surface area contributed by atoms with Crippen LogP contribution in [0.1, 0.15) is 0 Å². The van der Waals surface area contributed by atoms with Crippen molar-refractivity contribution in [1.82, 2.24) is 4.90 Å². The number of ether oxygens (including phenoxy) is 3. The van der Waals surface area contributed by atoms with Crippen LogP contribution in [0.3, 0.4) is 0 Å². The van der Waals surface area contributed by atoms with Crippen molar-refractivity contribution in [3.63, 3.8) is 0 Å². The molecule has 0 bridgehead atoms. The van der Waals surface area contributed by atoms with Crippen LogP contribution in [0.4, 0.5) is 5.82 Å². The van der Waals surface area contributed by atoms with Crippen molar-refractivity contribution in [3.05, 3.63) is 48.7 Å². The summed E-state index contributed by atoms with van der Waals surface area (Å²) in [4.78, 5) is 7.89. The molecule has 2 aliphatic rings. The molecule has 4 rings (SSSR count). The Bertz CT molecular complexity index is 737. The lowest BCUT2D eigenvalue weighted by Crippen LogP contribution is -2.50. The second kappa shape index (κ2) is 9.23. The minimum absolute atomic E-state index is 0.146. The van der Waals surface area contributed by atoms with Gasteiger partial charge >= 0.3 is 0 Å². The van der Waals surface area contributed by atoms with Crippen molar-refractivity contribution in [2.75, 3.05) is 57.4 Å². The average Bonchev–Trinajstić information content (AvgIpc) is 2.75. The third-order valence-electron chi connectivity index (χ3n) is 5.06. The molecule has 28 heavy (non-hydrogen) atoms. The fourth-order valence-electron chi connectivity index (χ4n) is 3.58. The molecule has 1 fully saturated rings. The molecule has 1 aromatic heterocycles. The summed E-state index contributed by atoms with van der Waals surface area (Å²) in [6, 6.07) is 13.7. The second-order valence-corrected chi connectivity index (χ2v) is 7.22. The highest BCUT2D eigenvalue weighted by Gasteiger charge is 2.25. The number of aromatic nitrogens is 1. The largest absolute Gasteiger partial charge is 0.486 e. The van der Waals surface area contributed by atoms with E-state index >= 15 is 0 Å². The highest BCUT2D eigenvalue weighted by atomic mass is 16.6. The molecule has 1 aromatic carbocycles. The summed E-state index contributed by atoms with van der Waals surface area (Å²) < 4.78 is 17.2. The SMILES string of the molecule is O[C@@H](COC[C@@H]1COc2ccccc2O1)CN1CCN(c2cccc[nH+]2)CC1. The van der Waals surface area contributed by atoms with Crippen LogP contribution in [-0.4, -0.2) is 74.8 Å². The molecule has 2 aromatic rings. The minimum atomic E-state index is -0.508. The highest BCUT2D eigenvalue weighted by Crippen LogP contribution is 2.30. The maximum atomic E-state index is 10.3. The maximum absolute atomic E-state index is 10.3. The van der Waals surface area contributed by atoms with Crippen molar-refractivity contribution in [3.8, 4) is 11.5 Å². The predicted molar refractivity (Wildman–Crippen MR) is 105 cm³/mol. The zero-order valence-corrected chi connectivity index (χ0v) is 16.0. The first-order chi connectivity index (χ1) is 13.8. The Morgan fingerprint density at radius 3 is 2.64 bits per heavy atom. The Morgan fingerprint density at radius 2 is 1.86 bits per heavy atom. The van der Waals surface area contributed by atoms with Gasteiger partial charge in [0.25, 0.3) is 5.82 Å². The smallest absolute Gasteiger partial charge is 0.274 e. The number of benzene rings is 1. The quantitative estimate of drug-likeness (QED) is 0.761. The highest BCUT2D eigenvalue weighted by molar-refractivity contribution is 5.40. The summed E-state index contributed by atoms with van der Waals surface area (Å²) in [5, 5.41) is 10.3. The van der Waals surface area contributed by atoms with Crippen LogP contribution in [0, 0.1) is 0 Å². The van der Waals surface area contributed by atoms with Gasteiger partial charge in [-0.25, -0.2) is 4.98 Å². The summed E-state index contributed by atoms with van der Waals surface area (Å²) in [5.41, 5.74) is 0. The Balaban J connectivity index is 1.14. The van der Waals surface area contributed by atoms with Crippen molar-refractivity contribution in [2.24, 2.45) is 0 Å². The van der Waals surface area contributed by atoms with E-state index in [1.165, 1.54) is 0 Å². The van der Waals surface area contributed by atoms with E-state index in [-0.39, 0.29) is 6.10 Å². The molecular weight excluding hydrogens is 358 g/mol. The third kappa shape index (κ3) is 4.92. The first-order valence-electron chi connectivity index (χ1n) is 9.86. The molecule has 7 heteroatoms. The van der Waals surface area contributed by atoms with Crippen molar-refractivity contribution < 1.29 is 24.3 Å². The number of para-hydroxylation sites is 2. The summed E-state index contributed by atoms with van der Waals surface area (Å²) in [5.74, 6) is 2.66. The molecule has 2 aliphatic heterocycles. The van der Waals surface area contributed by atoms with E-state index < -0.39 is 6.10 Å². The molecule has 7 nitrogen and oxygen atoms in total. The molecule has 0 saturated carbocycles. The van der Waals surface area contributed by atoms with Crippen molar-refractivity contribution >= 4 is 5.82 Å². The Labute approximate surface area is 165 Å². The number of fused-ring (bicyclic) bond motifs is 1. The molecule has 150 valence electrons. The van der Waals surface area contributed by atoms with E-state index in [4.69, 9.17) is 14.2 Å². The Hall–Kier alpha value is -2.35. The number of hydrogen-bond acceptors (Lipinski definition) is 6. The van der Waals surface area contributed by atoms with Crippen molar-refractivity contribution in [2.45, 2.75) is 12.2 Å². The number of aliphatic hydroxyl groups excluding tert-OH is 1. The van der Waals surface area contributed by atoms with Gasteiger partial charge in [0.1, 0.15) is 6.61 Å². The van der Waals surface area contributed by atoms with Gasteiger partial charge in [-0.1, -0.05) is 18.2 Å². The number of piperazine rings is 1. The lowest BCUT2D eigenvalue weighted by Gasteiger charge is -2.32. The summed E-state index contributed by atoms with van der Waals surface area (Å²) >= 11 is 0. The van der Waals surface area contributed by atoms with E-state index in [1.54, 1.807) is 0 Å². The number of aliphatic hydroxyl groups is 1. The molecule has 2 N–H and O–H groups in total. The summed E-state index contributed by atoms with van der Waals surface area (Å²) in [6.45, 7) is 5.54. The van der Waals surface area contributed by atoms with Crippen LogP contribution in [0.25, 0.3) is 0 Å². The lowest BCUT2D eigenvalue weighted by molar-refractivity contribution is -0.364. The predicted octanol–water partition coefficient (Wildman–Crippen LogP) is 0.840. The van der Waals surface area contributed by atoms with Crippen LogP contribution in [0.2, 0.25) is 0 Å². The fourth-order valence-corrected chi connectivity index (χ4v) is 3.58. The van der Waals surface area contributed by atoms with E-state index in [0.717, 1.165) is 43.5 Å². The van der Waals surface area contributed by atoms with Gasteiger partial charge in [-0.3, -0.25) is 9.80 Å². The molecule has 2 atom stereocenters. The molecule has 0 spiro atoms. The lowest BCUT2D eigenvalue weighted by atomic mass is 10.2. The average molecular weight is 386 g/mol. The number of hydrogen-bond donors (Lipinski definition) is 1. The van der Waals surface area contributed by atoms with Gasteiger partial charge in [0.15, 0.2) is 17.6 Å². The zero-order chi connectivity index (χ0) is 19.2. The summed E-state index contributed by atoms with van der Waals surface area (Å²) in [6.07, 6.45) is 1.29. The normalized spacial score (nSPS) is 20.8.